The molecule has 0 saturated carbocycles. The summed E-state index contributed by atoms with van der Waals surface area (Å²) in [7, 11) is -1.42. The standard InChI is InChI=1S/C22H28N4O4S2/c1-5-30-20-10-16(6-7-23-20)19-14-24(3)22(27)18-11-17(31-21(18)19)13-25-8-9-26(12-15(25)2)32(4,28)29/h6-7,10-11,14-15H,5,8-9,12-13H2,1-4H3/t15-/m1/s1. The average Bonchev–Trinajstić information content (AvgIpc) is 3.16. The van der Waals surface area contributed by atoms with Gasteiger partial charge in [-0.2, -0.15) is 4.31 Å². The van der Waals surface area contributed by atoms with Crippen LogP contribution in [0, 0.1) is 0 Å². The number of nitrogens with zero attached hydrogens (tertiary/aromatic N) is 4. The Balaban J connectivity index is 1.67. The van der Waals surface area contributed by atoms with E-state index in [-0.39, 0.29) is 11.6 Å². The number of pyridine rings is 2. The highest BCUT2D eigenvalue weighted by molar-refractivity contribution is 7.88. The molecule has 0 unspecified atom stereocenters. The molecule has 0 aromatic carbocycles. The molecule has 0 spiro atoms. The van der Waals surface area contributed by atoms with Crippen LogP contribution in [-0.4, -0.2) is 65.7 Å². The number of hydrogen-bond donors (Lipinski definition) is 0. The molecule has 0 radical (unpaired) electrons. The lowest BCUT2D eigenvalue weighted by atomic mass is 10.1. The van der Waals surface area contributed by atoms with Crippen LogP contribution in [0.15, 0.2) is 35.4 Å². The first kappa shape index (κ1) is 22.9. The van der Waals surface area contributed by atoms with E-state index >= 15 is 0 Å². The maximum atomic E-state index is 12.9. The molecular weight excluding hydrogens is 448 g/mol. The van der Waals surface area contributed by atoms with Crippen LogP contribution in [0.1, 0.15) is 18.7 Å². The fraction of sp³-hybridized carbons (Fsp3) is 0.455. The highest BCUT2D eigenvalue weighted by Crippen LogP contribution is 2.35. The van der Waals surface area contributed by atoms with Gasteiger partial charge >= 0.3 is 0 Å². The highest BCUT2D eigenvalue weighted by atomic mass is 32.2. The first-order valence-corrected chi connectivity index (χ1v) is 13.2. The van der Waals surface area contributed by atoms with Crippen molar-refractivity contribution in [1.29, 1.82) is 0 Å². The van der Waals surface area contributed by atoms with Gasteiger partial charge in [0.05, 0.1) is 18.2 Å². The second-order valence-corrected chi connectivity index (χ2v) is 11.3. The summed E-state index contributed by atoms with van der Waals surface area (Å²) in [6.07, 6.45) is 4.84. The van der Waals surface area contributed by atoms with E-state index in [4.69, 9.17) is 4.74 Å². The fourth-order valence-corrected chi connectivity index (χ4v) is 6.19. The van der Waals surface area contributed by atoms with E-state index in [0.717, 1.165) is 20.7 Å². The second-order valence-electron chi connectivity index (χ2n) is 8.17. The molecular formula is C22H28N4O4S2. The Hall–Kier alpha value is -2.27. The zero-order valence-electron chi connectivity index (χ0n) is 18.7. The number of ether oxygens (including phenoxy) is 1. The Bertz CT molecular complexity index is 1300. The van der Waals surface area contributed by atoms with Crippen molar-refractivity contribution in [3.63, 3.8) is 0 Å². The van der Waals surface area contributed by atoms with Crippen molar-refractivity contribution < 1.29 is 13.2 Å². The topological polar surface area (TPSA) is 84.7 Å². The van der Waals surface area contributed by atoms with Crippen molar-refractivity contribution in [2.24, 2.45) is 7.05 Å². The number of aromatic nitrogens is 2. The number of hydrogen-bond acceptors (Lipinski definition) is 7. The lowest BCUT2D eigenvalue weighted by molar-refractivity contribution is 0.123. The van der Waals surface area contributed by atoms with Crippen molar-refractivity contribution in [3.8, 4) is 17.0 Å². The third-order valence-electron chi connectivity index (χ3n) is 5.80. The lowest BCUT2D eigenvalue weighted by Crippen LogP contribution is -2.52. The van der Waals surface area contributed by atoms with Crippen LogP contribution in [0.4, 0.5) is 0 Å². The van der Waals surface area contributed by atoms with Gasteiger partial charge in [0.15, 0.2) is 0 Å². The molecule has 4 rings (SSSR count). The number of piperazine rings is 1. The predicted molar refractivity (Wildman–Crippen MR) is 128 cm³/mol. The second kappa shape index (κ2) is 8.93. The number of thiophene rings is 1. The normalized spacial score (nSPS) is 18.3. The zero-order chi connectivity index (χ0) is 23.0. The first-order chi connectivity index (χ1) is 15.2. The van der Waals surface area contributed by atoms with E-state index in [2.05, 4.69) is 9.88 Å². The molecule has 0 N–H and O–H groups in total. The van der Waals surface area contributed by atoms with Gasteiger partial charge in [0.2, 0.25) is 15.9 Å². The molecule has 1 atom stereocenters. The summed E-state index contributed by atoms with van der Waals surface area (Å²) in [5.41, 5.74) is 1.89. The number of fused-ring (bicyclic) bond motifs is 1. The van der Waals surface area contributed by atoms with Gasteiger partial charge in [-0.15, -0.1) is 11.3 Å². The summed E-state index contributed by atoms with van der Waals surface area (Å²) < 4.78 is 33.4. The van der Waals surface area contributed by atoms with Gasteiger partial charge in [-0.25, -0.2) is 13.4 Å². The maximum Gasteiger partial charge on any atom is 0.259 e. The zero-order valence-corrected chi connectivity index (χ0v) is 20.4. The Labute approximate surface area is 192 Å². The minimum absolute atomic E-state index is 0.0275. The summed E-state index contributed by atoms with van der Waals surface area (Å²) in [4.78, 5) is 20.5. The van der Waals surface area contributed by atoms with Gasteiger partial charge < -0.3 is 9.30 Å². The highest BCUT2D eigenvalue weighted by Gasteiger charge is 2.29. The van der Waals surface area contributed by atoms with E-state index in [1.165, 1.54) is 10.6 Å². The molecule has 32 heavy (non-hydrogen) atoms. The Morgan fingerprint density at radius 3 is 2.75 bits per heavy atom. The van der Waals surface area contributed by atoms with E-state index < -0.39 is 10.0 Å². The molecule has 0 amide bonds. The molecule has 1 saturated heterocycles. The molecule has 1 aliphatic heterocycles. The van der Waals surface area contributed by atoms with Crippen LogP contribution in [0.5, 0.6) is 5.88 Å². The van der Waals surface area contributed by atoms with Crippen LogP contribution in [-0.2, 0) is 23.6 Å². The van der Waals surface area contributed by atoms with Gasteiger partial charge in [-0.05, 0) is 31.5 Å². The van der Waals surface area contributed by atoms with Crippen molar-refractivity contribution in [2.75, 3.05) is 32.5 Å². The summed E-state index contributed by atoms with van der Waals surface area (Å²) in [5, 5.41) is 0.696. The van der Waals surface area contributed by atoms with Crippen LogP contribution in [0.25, 0.3) is 21.2 Å². The summed E-state index contributed by atoms with van der Waals surface area (Å²) in [6.45, 7) is 6.80. The Morgan fingerprint density at radius 2 is 2.06 bits per heavy atom. The molecule has 1 fully saturated rings. The van der Waals surface area contributed by atoms with Crippen molar-refractivity contribution in [3.05, 3.63) is 45.8 Å². The largest absolute Gasteiger partial charge is 0.478 e. The van der Waals surface area contributed by atoms with E-state index in [9.17, 15) is 13.2 Å². The molecule has 3 aromatic rings. The average molecular weight is 477 g/mol. The first-order valence-electron chi connectivity index (χ1n) is 10.6. The SMILES string of the molecule is CCOc1cc(-c2cn(C)c(=O)c3cc(CN4CCN(S(C)(=O)=O)C[C@H]4C)sc23)ccn1. The number of sulfonamides is 1. The molecule has 4 heterocycles. The van der Waals surface area contributed by atoms with Crippen molar-refractivity contribution >= 4 is 31.4 Å². The third-order valence-corrected chi connectivity index (χ3v) is 8.22. The van der Waals surface area contributed by atoms with E-state index in [1.54, 1.807) is 29.1 Å². The van der Waals surface area contributed by atoms with Gasteiger partial charge in [0.25, 0.3) is 5.56 Å². The van der Waals surface area contributed by atoms with Gasteiger partial charge in [0.1, 0.15) is 0 Å². The van der Waals surface area contributed by atoms with Crippen LogP contribution >= 0.6 is 11.3 Å². The van der Waals surface area contributed by atoms with Crippen LogP contribution < -0.4 is 10.3 Å². The predicted octanol–water partition coefficient (Wildman–Crippen LogP) is 2.53. The smallest absolute Gasteiger partial charge is 0.259 e. The Kier molecular flexibility index (Phi) is 6.39. The van der Waals surface area contributed by atoms with E-state index in [1.807, 2.05) is 38.2 Å². The molecule has 0 bridgehead atoms. The minimum Gasteiger partial charge on any atom is -0.478 e. The quantitative estimate of drug-likeness (QED) is 0.544. The summed E-state index contributed by atoms with van der Waals surface area (Å²) in [5.74, 6) is 0.557. The van der Waals surface area contributed by atoms with Crippen LogP contribution in [0.3, 0.4) is 0 Å². The van der Waals surface area contributed by atoms with E-state index in [0.29, 0.717) is 44.1 Å². The van der Waals surface area contributed by atoms with Crippen LogP contribution in [0.2, 0.25) is 0 Å². The monoisotopic (exact) mass is 476 g/mol. The Morgan fingerprint density at radius 1 is 1.28 bits per heavy atom. The minimum atomic E-state index is -3.18. The van der Waals surface area contributed by atoms with Gasteiger partial charge in [-0.1, -0.05) is 0 Å². The summed E-state index contributed by atoms with van der Waals surface area (Å²) >= 11 is 1.61. The van der Waals surface area contributed by atoms with Gasteiger partial charge in [0, 0.05) is 72.9 Å². The molecule has 8 nitrogen and oxygen atoms in total. The number of aryl methyl sites for hydroxylation is 1. The third kappa shape index (κ3) is 4.59. The maximum absolute atomic E-state index is 12.9. The van der Waals surface area contributed by atoms with Gasteiger partial charge in [-0.3, -0.25) is 9.69 Å². The lowest BCUT2D eigenvalue weighted by Gasteiger charge is -2.38. The number of rotatable bonds is 6. The molecule has 3 aromatic heterocycles. The molecule has 1 aliphatic rings. The van der Waals surface area contributed by atoms with Crippen molar-refractivity contribution in [1.82, 2.24) is 18.8 Å². The summed E-state index contributed by atoms with van der Waals surface area (Å²) in [6, 6.07) is 5.90. The molecule has 0 aliphatic carbocycles. The van der Waals surface area contributed by atoms with Crippen molar-refractivity contribution in [2.45, 2.75) is 26.4 Å². The molecule has 10 heteroatoms. The molecule has 172 valence electrons. The fourth-order valence-electron chi connectivity index (χ4n) is 4.09.